The van der Waals surface area contributed by atoms with Crippen LogP contribution in [0.3, 0.4) is 0 Å². The van der Waals surface area contributed by atoms with E-state index >= 15 is 0 Å². The summed E-state index contributed by atoms with van der Waals surface area (Å²) < 4.78 is 19.1. The number of halogens is 1. The van der Waals surface area contributed by atoms with Gasteiger partial charge in [0, 0.05) is 37.3 Å². The molecule has 2 aliphatic rings. The Balaban J connectivity index is 1.64. The van der Waals surface area contributed by atoms with Gasteiger partial charge in [-0.25, -0.2) is 4.39 Å². The summed E-state index contributed by atoms with van der Waals surface area (Å²) in [7, 11) is 2.02. The van der Waals surface area contributed by atoms with Crippen LogP contribution in [-0.4, -0.2) is 72.8 Å². The van der Waals surface area contributed by atoms with Crippen LogP contribution in [0.1, 0.15) is 34.6 Å². The smallest absolute Gasteiger partial charge is 0.271 e. The monoisotopic (exact) mass is 439 g/mol. The first-order valence-corrected chi connectivity index (χ1v) is 10.6. The van der Waals surface area contributed by atoms with Gasteiger partial charge in [-0.1, -0.05) is 0 Å². The highest BCUT2D eigenvalue weighted by Crippen LogP contribution is 2.38. The number of rotatable bonds is 4. The van der Waals surface area contributed by atoms with E-state index in [2.05, 4.69) is 4.90 Å². The van der Waals surface area contributed by atoms with Gasteiger partial charge < -0.3 is 14.5 Å². The molecule has 0 spiro atoms. The molecule has 2 aromatic carbocycles. The predicted octanol–water partition coefficient (Wildman–Crippen LogP) is 2.60. The highest BCUT2D eigenvalue weighted by Gasteiger charge is 2.42. The quantitative estimate of drug-likeness (QED) is 0.685. The number of Topliss-reactive ketones (excluding diaryl/α,β-unsaturated/α-hetero) is 1. The van der Waals surface area contributed by atoms with Crippen LogP contribution in [0.4, 0.5) is 10.1 Å². The van der Waals surface area contributed by atoms with Crippen LogP contribution in [0.2, 0.25) is 0 Å². The predicted molar refractivity (Wildman–Crippen MR) is 118 cm³/mol. The van der Waals surface area contributed by atoms with E-state index in [9.17, 15) is 18.8 Å². The lowest BCUT2D eigenvalue weighted by molar-refractivity contribution is -0.132. The summed E-state index contributed by atoms with van der Waals surface area (Å²) in [5.74, 6) is -0.857. The number of likely N-dealkylation sites (N-methyl/N-ethyl adjacent to an activating group) is 1. The van der Waals surface area contributed by atoms with Crippen LogP contribution < -0.4 is 9.64 Å². The van der Waals surface area contributed by atoms with Crippen LogP contribution >= 0.6 is 0 Å². The van der Waals surface area contributed by atoms with Gasteiger partial charge >= 0.3 is 0 Å². The Kier molecular flexibility index (Phi) is 5.73. The molecule has 2 heterocycles. The zero-order valence-electron chi connectivity index (χ0n) is 18.4. The number of carbonyl (C=O) groups excluding carboxylic acids is 3. The fourth-order valence-electron chi connectivity index (χ4n) is 3.92. The zero-order chi connectivity index (χ0) is 23.0. The summed E-state index contributed by atoms with van der Waals surface area (Å²) in [4.78, 5) is 44.3. The van der Waals surface area contributed by atoms with E-state index in [1.165, 1.54) is 29.2 Å². The first-order chi connectivity index (χ1) is 15.2. The number of piperazine rings is 1. The number of ketones is 1. The van der Waals surface area contributed by atoms with Crippen molar-refractivity contribution in [1.82, 2.24) is 9.80 Å². The van der Waals surface area contributed by atoms with Gasteiger partial charge in [0.15, 0.2) is 11.4 Å². The average Bonchev–Trinajstić information content (AvgIpc) is 2.77. The van der Waals surface area contributed by atoms with E-state index in [4.69, 9.17) is 4.74 Å². The minimum Gasteiger partial charge on any atom is -0.476 e. The number of hydrogen-bond donors (Lipinski definition) is 0. The van der Waals surface area contributed by atoms with Crippen molar-refractivity contribution in [3.05, 3.63) is 59.4 Å². The molecule has 0 atom stereocenters. The fraction of sp³-hybridized carbons (Fsp3) is 0.375. The number of anilines is 1. The SMILES string of the molecule is CN1CCN(C(=O)c2ccc3c(c2)N(CC(=O)c2ccc(F)cc2)C(=O)C(C)(C)O3)CC1. The molecule has 4 rings (SSSR count). The molecular weight excluding hydrogens is 413 g/mol. The molecule has 2 aromatic rings. The van der Waals surface area contributed by atoms with E-state index in [-0.39, 0.29) is 24.1 Å². The number of fused-ring (bicyclic) bond motifs is 1. The average molecular weight is 439 g/mol. The Morgan fingerprint density at radius 2 is 1.62 bits per heavy atom. The van der Waals surface area contributed by atoms with Gasteiger partial charge in [0.25, 0.3) is 11.8 Å². The summed E-state index contributed by atoms with van der Waals surface area (Å²) in [6.07, 6.45) is 0. The van der Waals surface area contributed by atoms with E-state index in [1.54, 1.807) is 36.9 Å². The summed E-state index contributed by atoms with van der Waals surface area (Å²) >= 11 is 0. The Morgan fingerprint density at radius 1 is 1.00 bits per heavy atom. The Hall–Kier alpha value is -3.26. The lowest BCUT2D eigenvalue weighted by atomic mass is 10.0. The molecule has 0 unspecified atom stereocenters. The lowest BCUT2D eigenvalue weighted by Crippen LogP contribution is -2.54. The number of amides is 2. The van der Waals surface area contributed by atoms with Crippen molar-refractivity contribution in [2.24, 2.45) is 0 Å². The molecule has 8 heteroatoms. The minimum absolute atomic E-state index is 0.122. The highest BCUT2D eigenvalue weighted by atomic mass is 19.1. The van der Waals surface area contributed by atoms with Gasteiger partial charge in [-0.2, -0.15) is 0 Å². The molecule has 7 nitrogen and oxygen atoms in total. The van der Waals surface area contributed by atoms with Crippen molar-refractivity contribution in [2.75, 3.05) is 44.7 Å². The number of hydrogen-bond acceptors (Lipinski definition) is 5. The number of benzene rings is 2. The molecule has 0 radical (unpaired) electrons. The summed E-state index contributed by atoms with van der Waals surface area (Å²) in [5, 5.41) is 0. The van der Waals surface area contributed by atoms with Gasteiger partial charge in [-0.05, 0) is 63.4 Å². The van der Waals surface area contributed by atoms with Crippen molar-refractivity contribution < 1.29 is 23.5 Å². The Morgan fingerprint density at radius 3 is 2.28 bits per heavy atom. The summed E-state index contributed by atoms with van der Waals surface area (Å²) in [6, 6.07) is 10.2. The van der Waals surface area contributed by atoms with Crippen molar-refractivity contribution in [3.63, 3.8) is 0 Å². The van der Waals surface area contributed by atoms with Crippen molar-refractivity contribution in [2.45, 2.75) is 19.4 Å². The Bertz CT molecular complexity index is 1060. The number of carbonyl (C=O) groups is 3. The summed E-state index contributed by atoms with van der Waals surface area (Å²) in [5.41, 5.74) is -0.0536. The van der Waals surface area contributed by atoms with Crippen LogP contribution in [0.5, 0.6) is 5.75 Å². The first kappa shape index (κ1) is 22.0. The van der Waals surface area contributed by atoms with E-state index in [0.29, 0.717) is 35.7 Å². The van der Waals surface area contributed by atoms with Gasteiger partial charge in [0.2, 0.25) is 0 Å². The third-order valence-electron chi connectivity index (χ3n) is 5.88. The van der Waals surface area contributed by atoms with Crippen LogP contribution in [0.15, 0.2) is 42.5 Å². The second-order valence-electron chi connectivity index (χ2n) is 8.71. The van der Waals surface area contributed by atoms with Crippen molar-refractivity contribution in [1.29, 1.82) is 0 Å². The number of nitrogens with zero attached hydrogens (tertiary/aromatic N) is 3. The van der Waals surface area contributed by atoms with E-state index in [1.807, 2.05) is 7.05 Å². The largest absolute Gasteiger partial charge is 0.476 e. The summed E-state index contributed by atoms with van der Waals surface area (Å²) in [6.45, 7) is 5.88. The zero-order valence-corrected chi connectivity index (χ0v) is 18.4. The second-order valence-corrected chi connectivity index (χ2v) is 8.71. The maximum absolute atomic E-state index is 13.2. The maximum atomic E-state index is 13.2. The molecule has 0 aromatic heterocycles. The topological polar surface area (TPSA) is 70.2 Å². The van der Waals surface area contributed by atoms with Gasteiger partial charge in [-0.3, -0.25) is 19.3 Å². The Labute approximate surface area is 186 Å². The normalized spacial score (nSPS) is 18.2. The molecule has 0 bridgehead atoms. The van der Waals surface area contributed by atoms with Crippen LogP contribution in [0.25, 0.3) is 0 Å². The highest BCUT2D eigenvalue weighted by molar-refractivity contribution is 6.10. The van der Waals surface area contributed by atoms with Gasteiger partial charge in [-0.15, -0.1) is 0 Å². The molecule has 1 fully saturated rings. The molecule has 0 saturated carbocycles. The maximum Gasteiger partial charge on any atom is 0.271 e. The third kappa shape index (κ3) is 4.23. The van der Waals surface area contributed by atoms with E-state index < -0.39 is 11.4 Å². The molecule has 168 valence electrons. The van der Waals surface area contributed by atoms with Crippen molar-refractivity contribution in [3.8, 4) is 5.75 Å². The molecule has 2 amide bonds. The fourth-order valence-corrected chi connectivity index (χ4v) is 3.92. The standard InChI is InChI=1S/C24H26FN3O4/c1-24(2)23(31)28(15-20(29)16-4-7-18(25)8-5-16)19-14-17(6-9-21(19)32-24)22(30)27-12-10-26(3)11-13-27/h4-9,14H,10-13,15H2,1-3H3. The van der Waals surface area contributed by atoms with Crippen molar-refractivity contribution >= 4 is 23.3 Å². The van der Waals surface area contributed by atoms with Crippen LogP contribution in [0, 0.1) is 5.82 Å². The third-order valence-corrected chi connectivity index (χ3v) is 5.88. The molecule has 2 aliphatic heterocycles. The minimum atomic E-state index is -1.17. The number of ether oxygens (including phenoxy) is 1. The molecule has 0 aliphatic carbocycles. The molecule has 0 N–H and O–H groups in total. The lowest BCUT2D eigenvalue weighted by Gasteiger charge is -2.39. The van der Waals surface area contributed by atoms with E-state index in [0.717, 1.165) is 13.1 Å². The van der Waals surface area contributed by atoms with Gasteiger partial charge in [0.1, 0.15) is 11.6 Å². The van der Waals surface area contributed by atoms with Crippen LogP contribution in [-0.2, 0) is 4.79 Å². The second kappa shape index (κ2) is 8.35. The first-order valence-electron chi connectivity index (χ1n) is 10.6. The van der Waals surface area contributed by atoms with Gasteiger partial charge in [0.05, 0.1) is 12.2 Å². The molecule has 32 heavy (non-hydrogen) atoms. The molecular formula is C24H26FN3O4. The molecule has 1 saturated heterocycles.